The van der Waals surface area contributed by atoms with Gasteiger partial charge in [0, 0.05) is 16.7 Å². The molecular weight excluding hydrogens is 158 g/mol. The van der Waals surface area contributed by atoms with Gasteiger partial charge in [0.05, 0.1) is 0 Å². The summed E-state index contributed by atoms with van der Waals surface area (Å²) in [7, 11) is 0. The molecule has 0 spiro atoms. The Morgan fingerprint density at radius 1 is 1.36 bits per heavy atom. The van der Waals surface area contributed by atoms with Crippen LogP contribution in [0.5, 0.6) is 0 Å². The van der Waals surface area contributed by atoms with Crippen molar-refractivity contribution in [1.82, 2.24) is 5.06 Å². The van der Waals surface area contributed by atoms with E-state index in [2.05, 4.69) is 0 Å². The van der Waals surface area contributed by atoms with Gasteiger partial charge in [-0.05, 0) is 19.8 Å². The van der Waals surface area contributed by atoms with Crippen LogP contribution < -0.4 is 0 Å². The Bertz CT molecular complexity index is 153. The quantitative estimate of drug-likeness (QED) is 0.560. The summed E-state index contributed by atoms with van der Waals surface area (Å²) in [6.45, 7) is 2.02. The van der Waals surface area contributed by atoms with Crippen molar-refractivity contribution in [2.45, 2.75) is 49.3 Å². The van der Waals surface area contributed by atoms with E-state index in [0.29, 0.717) is 11.3 Å². The number of hydroxylamine groups is 2. The van der Waals surface area contributed by atoms with Gasteiger partial charge in [-0.3, -0.25) is 0 Å². The highest BCUT2D eigenvalue weighted by molar-refractivity contribution is 8.00. The van der Waals surface area contributed by atoms with Crippen molar-refractivity contribution < 1.29 is 0 Å². The number of fused-ring (bicyclic) bond motifs is 1. The minimum absolute atomic E-state index is 0.211. The molecule has 0 bridgehead atoms. The molecule has 2 nitrogen and oxygen atoms in total. The van der Waals surface area contributed by atoms with Gasteiger partial charge in [-0.15, -0.1) is 11.8 Å². The highest BCUT2D eigenvalue weighted by atomic mass is 32.2. The van der Waals surface area contributed by atoms with Crippen LogP contribution in [-0.2, 0) is 0 Å². The van der Waals surface area contributed by atoms with Gasteiger partial charge in [0.1, 0.15) is 0 Å². The summed E-state index contributed by atoms with van der Waals surface area (Å²) in [6.07, 6.45) is 4.98. The summed E-state index contributed by atoms with van der Waals surface area (Å²) in [5.74, 6) is 0. The molecule has 1 saturated heterocycles. The molecule has 3 heteroatoms. The first-order chi connectivity index (χ1) is 5.29. The van der Waals surface area contributed by atoms with Gasteiger partial charge in [-0.1, -0.05) is 12.8 Å². The van der Waals surface area contributed by atoms with Gasteiger partial charge in [0.25, 0.3) is 0 Å². The van der Waals surface area contributed by atoms with E-state index in [-0.39, 0.29) is 5.37 Å². The SMILES string of the molecule is CC1SC2CCCCC2N1[O-]. The van der Waals surface area contributed by atoms with Crippen LogP contribution in [0.15, 0.2) is 0 Å². The van der Waals surface area contributed by atoms with Gasteiger partial charge in [-0.25, -0.2) is 0 Å². The highest BCUT2D eigenvalue weighted by Gasteiger charge is 2.35. The average Bonchev–Trinajstić information content (AvgIpc) is 2.30. The molecule has 1 aliphatic heterocycles. The second kappa shape index (κ2) is 2.96. The zero-order chi connectivity index (χ0) is 7.84. The van der Waals surface area contributed by atoms with Crippen molar-refractivity contribution in [1.29, 1.82) is 0 Å². The van der Waals surface area contributed by atoms with Crippen molar-refractivity contribution in [2.24, 2.45) is 0 Å². The molecule has 0 aromatic rings. The molecule has 3 unspecified atom stereocenters. The van der Waals surface area contributed by atoms with E-state index in [1.165, 1.54) is 24.3 Å². The minimum atomic E-state index is 0.211. The first-order valence-electron chi connectivity index (χ1n) is 4.40. The molecule has 0 aromatic carbocycles. The Hall–Kier alpha value is 0.270. The normalized spacial score (nSPS) is 45.8. The third-order valence-corrected chi connectivity index (χ3v) is 4.23. The van der Waals surface area contributed by atoms with Crippen molar-refractivity contribution in [3.63, 3.8) is 0 Å². The summed E-state index contributed by atoms with van der Waals surface area (Å²) >= 11 is 1.87. The number of hydrogen-bond acceptors (Lipinski definition) is 3. The fourth-order valence-electron chi connectivity index (χ4n) is 2.11. The van der Waals surface area contributed by atoms with Crippen LogP contribution in [0.1, 0.15) is 32.6 Å². The second-order valence-electron chi connectivity index (χ2n) is 3.49. The molecule has 64 valence electrons. The molecule has 11 heavy (non-hydrogen) atoms. The zero-order valence-electron chi connectivity index (χ0n) is 6.82. The van der Waals surface area contributed by atoms with E-state index in [4.69, 9.17) is 0 Å². The lowest BCUT2D eigenvalue weighted by molar-refractivity contribution is 0.244. The largest absolute Gasteiger partial charge is 0.784 e. The van der Waals surface area contributed by atoms with E-state index in [9.17, 15) is 5.21 Å². The fraction of sp³-hybridized carbons (Fsp3) is 1.00. The smallest absolute Gasteiger partial charge is 0.0420 e. The molecule has 0 amide bonds. The highest BCUT2D eigenvalue weighted by Crippen LogP contribution is 2.42. The molecular formula is C8H14NOS-. The van der Waals surface area contributed by atoms with Gasteiger partial charge in [0.15, 0.2) is 0 Å². The van der Waals surface area contributed by atoms with Crippen LogP contribution in [-0.4, -0.2) is 21.7 Å². The Balaban J connectivity index is 2.05. The molecule has 0 N–H and O–H groups in total. The molecule has 2 fully saturated rings. The lowest BCUT2D eigenvalue weighted by Gasteiger charge is -2.36. The second-order valence-corrected chi connectivity index (χ2v) is 5.05. The van der Waals surface area contributed by atoms with E-state index in [1.54, 1.807) is 0 Å². The lowest BCUT2D eigenvalue weighted by atomic mass is 9.95. The maximum absolute atomic E-state index is 11.4. The molecule has 3 atom stereocenters. The topological polar surface area (TPSA) is 26.3 Å². The van der Waals surface area contributed by atoms with E-state index in [0.717, 1.165) is 6.42 Å². The molecule has 1 saturated carbocycles. The van der Waals surface area contributed by atoms with Gasteiger partial charge in [-0.2, -0.15) is 0 Å². The summed E-state index contributed by atoms with van der Waals surface area (Å²) in [4.78, 5) is 0. The first-order valence-corrected chi connectivity index (χ1v) is 5.34. The van der Waals surface area contributed by atoms with Crippen LogP contribution in [0.3, 0.4) is 0 Å². The Morgan fingerprint density at radius 3 is 2.82 bits per heavy atom. The molecule has 1 heterocycles. The summed E-state index contributed by atoms with van der Waals surface area (Å²) in [5.41, 5.74) is 0. The van der Waals surface area contributed by atoms with Crippen LogP contribution in [0.2, 0.25) is 0 Å². The third-order valence-electron chi connectivity index (χ3n) is 2.72. The van der Waals surface area contributed by atoms with Crippen LogP contribution in [0.25, 0.3) is 0 Å². The summed E-state index contributed by atoms with van der Waals surface area (Å²) in [6, 6.07) is 0.351. The number of thioether (sulfide) groups is 1. The van der Waals surface area contributed by atoms with Gasteiger partial charge in [0.2, 0.25) is 0 Å². The van der Waals surface area contributed by atoms with Gasteiger partial charge < -0.3 is 10.3 Å². The maximum atomic E-state index is 11.4. The number of rotatable bonds is 0. The zero-order valence-corrected chi connectivity index (χ0v) is 7.64. The third kappa shape index (κ3) is 1.30. The number of hydrogen-bond donors (Lipinski definition) is 0. The Morgan fingerprint density at radius 2 is 2.09 bits per heavy atom. The average molecular weight is 172 g/mol. The van der Waals surface area contributed by atoms with Crippen molar-refractivity contribution >= 4 is 11.8 Å². The molecule has 1 aliphatic carbocycles. The van der Waals surface area contributed by atoms with Crippen LogP contribution in [0, 0.1) is 5.21 Å². The summed E-state index contributed by atoms with van der Waals surface area (Å²) < 4.78 is 0. The minimum Gasteiger partial charge on any atom is -0.784 e. The predicted octanol–water partition coefficient (Wildman–Crippen LogP) is 2.19. The van der Waals surface area contributed by atoms with Crippen LogP contribution in [0.4, 0.5) is 0 Å². The lowest BCUT2D eigenvalue weighted by Crippen LogP contribution is -2.35. The number of nitrogens with zero attached hydrogens (tertiary/aromatic N) is 1. The molecule has 0 radical (unpaired) electrons. The Kier molecular flexibility index (Phi) is 2.12. The van der Waals surface area contributed by atoms with Crippen molar-refractivity contribution in [3.8, 4) is 0 Å². The Labute approximate surface area is 71.9 Å². The standard InChI is InChI=1S/C8H14NOS/c1-6-9(10)7-4-2-3-5-8(7)11-6/h6-8H,2-5H2,1H3/q-1. The van der Waals surface area contributed by atoms with Crippen molar-refractivity contribution in [3.05, 3.63) is 5.21 Å². The van der Waals surface area contributed by atoms with Crippen molar-refractivity contribution in [2.75, 3.05) is 0 Å². The molecule has 2 aliphatic rings. The van der Waals surface area contributed by atoms with E-state index >= 15 is 0 Å². The van der Waals surface area contributed by atoms with Gasteiger partial charge >= 0.3 is 0 Å². The predicted molar refractivity (Wildman–Crippen MR) is 48.3 cm³/mol. The first kappa shape index (κ1) is 7.90. The molecule has 2 rings (SSSR count). The maximum Gasteiger partial charge on any atom is 0.0420 e. The monoisotopic (exact) mass is 172 g/mol. The van der Waals surface area contributed by atoms with E-state index < -0.39 is 0 Å². The van der Waals surface area contributed by atoms with E-state index in [1.807, 2.05) is 18.7 Å². The summed E-state index contributed by atoms with van der Waals surface area (Å²) in [5, 5.41) is 13.6. The van der Waals surface area contributed by atoms with Crippen LogP contribution >= 0.6 is 11.8 Å². The fourth-order valence-corrected chi connectivity index (χ4v) is 3.63. The molecule has 0 aromatic heterocycles.